The van der Waals surface area contributed by atoms with Gasteiger partial charge in [-0.2, -0.15) is 0 Å². The summed E-state index contributed by atoms with van der Waals surface area (Å²) in [5.74, 6) is -0.373. The van der Waals surface area contributed by atoms with Gasteiger partial charge in [-0.3, -0.25) is 0 Å². The van der Waals surface area contributed by atoms with Gasteiger partial charge in [0.2, 0.25) is 0 Å². The van der Waals surface area contributed by atoms with Crippen LogP contribution >= 0.6 is 0 Å². The van der Waals surface area contributed by atoms with E-state index < -0.39 is 12.1 Å². The molecule has 4 heteroatoms. The zero-order valence-electron chi connectivity index (χ0n) is 10.3. The lowest BCUT2D eigenvalue weighted by Gasteiger charge is -2.10. The lowest BCUT2D eigenvalue weighted by Crippen LogP contribution is -2.12. The van der Waals surface area contributed by atoms with Gasteiger partial charge in [0.1, 0.15) is 5.76 Å². The number of allylic oxidation sites excluding steroid dienone is 1. The molecule has 1 unspecified atom stereocenters. The predicted molar refractivity (Wildman–Crippen MR) is 66.0 cm³/mol. The van der Waals surface area contributed by atoms with Crippen molar-refractivity contribution in [1.29, 1.82) is 0 Å². The molecule has 17 heavy (non-hydrogen) atoms. The van der Waals surface area contributed by atoms with Crippen LogP contribution in [-0.4, -0.2) is 23.7 Å². The Bertz CT molecular complexity index is 401. The molecule has 0 bridgehead atoms. The molecule has 0 aromatic rings. The Morgan fingerprint density at radius 1 is 1.65 bits per heavy atom. The van der Waals surface area contributed by atoms with E-state index in [1.54, 1.807) is 6.92 Å². The first kappa shape index (κ1) is 13.3. The molecule has 0 aliphatic carbocycles. The third kappa shape index (κ3) is 3.63. The van der Waals surface area contributed by atoms with Crippen molar-refractivity contribution in [2.24, 2.45) is 0 Å². The average Bonchev–Trinajstić information content (AvgIpc) is 2.53. The number of aliphatic hydroxyl groups excluding tert-OH is 1. The fourth-order valence-electron chi connectivity index (χ4n) is 1.66. The van der Waals surface area contributed by atoms with Gasteiger partial charge in [-0.05, 0) is 20.3 Å². The van der Waals surface area contributed by atoms with Gasteiger partial charge in [0.25, 0.3) is 13.1 Å². The van der Waals surface area contributed by atoms with Crippen molar-refractivity contribution in [3.63, 3.8) is 0 Å². The first-order valence-electron chi connectivity index (χ1n) is 5.69. The monoisotopic (exact) mass is 236 g/mol. The van der Waals surface area contributed by atoms with Crippen molar-refractivity contribution in [2.45, 2.75) is 39.2 Å². The van der Waals surface area contributed by atoms with Crippen molar-refractivity contribution in [3.8, 4) is 6.57 Å². The van der Waals surface area contributed by atoms with E-state index in [1.807, 2.05) is 6.92 Å². The second kappa shape index (κ2) is 6.09. The zero-order chi connectivity index (χ0) is 12.8. The smallest absolute Gasteiger partial charge is 0.338 e. The Labute approximate surface area is 101 Å². The van der Waals surface area contributed by atoms with Crippen LogP contribution in [0.4, 0.5) is 0 Å². The van der Waals surface area contributed by atoms with Gasteiger partial charge in [0.15, 0.2) is 6.10 Å². The molecule has 0 aromatic carbocycles. The maximum Gasteiger partial charge on any atom is 0.338 e. The summed E-state index contributed by atoms with van der Waals surface area (Å²) >= 11 is 0. The Kier molecular flexibility index (Phi) is 4.77. The van der Waals surface area contributed by atoms with Gasteiger partial charge < -0.3 is 9.84 Å². The first-order chi connectivity index (χ1) is 8.06. The van der Waals surface area contributed by atoms with Gasteiger partial charge in [-0.1, -0.05) is 16.5 Å². The number of hydrogen-bond acceptors (Lipinski definition) is 3. The van der Waals surface area contributed by atoms with E-state index in [2.05, 4.69) is 10.9 Å². The quantitative estimate of drug-likeness (QED) is 0.453. The number of carbonyl (C=O) groups excluding carboxylic acids is 1. The van der Waals surface area contributed by atoms with Crippen molar-refractivity contribution in [1.82, 2.24) is 0 Å². The molecule has 1 heterocycles. The number of nitrogens with zero attached hydrogens (tertiary/aromatic N) is 1. The summed E-state index contributed by atoms with van der Waals surface area (Å²) in [5, 5.41) is 9.66. The van der Waals surface area contributed by atoms with Crippen LogP contribution in [0.2, 0.25) is 0 Å². The minimum Gasteiger partial charge on any atom is -0.508 e. The summed E-state index contributed by atoms with van der Waals surface area (Å²) in [7, 11) is 0. The van der Waals surface area contributed by atoms with E-state index in [1.165, 1.54) is 0 Å². The Morgan fingerprint density at radius 2 is 2.35 bits per heavy atom. The van der Waals surface area contributed by atoms with Gasteiger partial charge in [0.05, 0.1) is 5.57 Å². The highest BCUT2D eigenvalue weighted by atomic mass is 16.6. The molecule has 0 spiro atoms. The van der Waals surface area contributed by atoms with Crippen LogP contribution in [0.15, 0.2) is 23.0 Å². The number of carbonyl (C=O) groups is 1. The summed E-state index contributed by atoms with van der Waals surface area (Å²) in [6.07, 6.45) is 3.86. The van der Waals surface area contributed by atoms with E-state index in [0.717, 1.165) is 18.4 Å². The number of unbranched alkanes of at least 4 members (excludes halogenated alkanes) is 1. The van der Waals surface area contributed by atoms with Crippen molar-refractivity contribution >= 4 is 5.97 Å². The van der Waals surface area contributed by atoms with Gasteiger partial charge in [-0.15, -0.1) is 0 Å². The van der Waals surface area contributed by atoms with Crippen LogP contribution in [0.25, 0.3) is 4.85 Å². The highest BCUT2D eigenvalue weighted by Gasteiger charge is 2.31. The van der Waals surface area contributed by atoms with Crippen LogP contribution in [-0.2, 0) is 9.53 Å². The molecule has 1 aliphatic rings. The fraction of sp³-hybridized carbons (Fsp3) is 0.538. The number of rotatable bonds is 5. The molecule has 0 saturated carbocycles. The topological polar surface area (TPSA) is 50.9 Å². The van der Waals surface area contributed by atoms with Crippen LogP contribution in [0.3, 0.4) is 0 Å². The molecule has 92 valence electrons. The summed E-state index contributed by atoms with van der Waals surface area (Å²) in [5.41, 5.74) is 1.39. The Balaban J connectivity index is 2.45. The second-order valence-electron chi connectivity index (χ2n) is 4.21. The average molecular weight is 236 g/mol. The molecule has 1 atom stereocenters. The normalized spacial score (nSPS) is 20.4. The lowest BCUT2D eigenvalue weighted by molar-refractivity contribution is -0.140. The van der Waals surface area contributed by atoms with E-state index in [9.17, 15) is 9.90 Å². The predicted octanol–water partition coefficient (Wildman–Crippen LogP) is 2.82. The van der Waals surface area contributed by atoms with Crippen LogP contribution in [0, 0.1) is 6.57 Å². The minimum atomic E-state index is -0.516. The summed E-state index contributed by atoms with van der Waals surface area (Å²) in [6, 6.07) is 0. The molecular formula is C13H18NO3+. The molecule has 0 radical (unpaired) electrons. The number of aliphatic hydroxyl groups is 1. The number of hydrogen-bond donors (Lipinski definition) is 1. The third-order valence-corrected chi connectivity index (χ3v) is 2.74. The third-order valence-electron chi connectivity index (χ3n) is 2.74. The molecule has 0 saturated heterocycles. The molecule has 1 N–H and O–H groups in total. The number of esters is 1. The minimum absolute atomic E-state index is 0.0553. The van der Waals surface area contributed by atoms with Gasteiger partial charge in [-0.25, -0.2) is 4.79 Å². The maximum absolute atomic E-state index is 11.2. The molecule has 1 aliphatic heterocycles. The molecule has 0 amide bonds. The van der Waals surface area contributed by atoms with E-state index in [4.69, 9.17) is 11.3 Å². The van der Waals surface area contributed by atoms with Gasteiger partial charge in [0, 0.05) is 12.8 Å². The van der Waals surface area contributed by atoms with E-state index in [0.29, 0.717) is 18.5 Å². The van der Waals surface area contributed by atoms with Crippen molar-refractivity contribution in [3.05, 3.63) is 27.8 Å². The Hall–Kier alpha value is -1.76. The van der Waals surface area contributed by atoms with Crippen molar-refractivity contribution in [2.75, 3.05) is 6.54 Å². The SMILES string of the molecule is C#[N+]CCC/C=C(\C)CC1OC(=O)C(C)=C1O. The summed E-state index contributed by atoms with van der Waals surface area (Å²) in [4.78, 5) is 14.7. The Morgan fingerprint density at radius 3 is 2.88 bits per heavy atom. The van der Waals surface area contributed by atoms with Crippen LogP contribution in [0.5, 0.6) is 0 Å². The van der Waals surface area contributed by atoms with Crippen LogP contribution < -0.4 is 0 Å². The standard InChI is InChI=1S/C13H17NO3/c1-9(6-4-5-7-14-3)8-11-12(15)10(2)13(16)17-11/h3,6,11H,4-5,7-8H2,1-2H3/p+1/b9-6+. The first-order valence-corrected chi connectivity index (χ1v) is 5.69. The molecular weight excluding hydrogens is 218 g/mol. The highest BCUT2D eigenvalue weighted by Crippen LogP contribution is 2.25. The maximum atomic E-state index is 11.2. The largest absolute Gasteiger partial charge is 0.508 e. The van der Waals surface area contributed by atoms with E-state index in [-0.39, 0.29) is 5.76 Å². The zero-order valence-corrected chi connectivity index (χ0v) is 10.3. The van der Waals surface area contributed by atoms with Gasteiger partial charge >= 0.3 is 5.97 Å². The highest BCUT2D eigenvalue weighted by molar-refractivity contribution is 5.91. The lowest BCUT2D eigenvalue weighted by atomic mass is 10.1. The fourth-order valence-corrected chi connectivity index (χ4v) is 1.66. The molecule has 1 rings (SSSR count). The molecule has 0 fully saturated rings. The molecule has 0 aromatic heterocycles. The van der Waals surface area contributed by atoms with Crippen LogP contribution in [0.1, 0.15) is 33.1 Å². The van der Waals surface area contributed by atoms with E-state index >= 15 is 0 Å². The second-order valence-corrected chi connectivity index (χ2v) is 4.21. The summed E-state index contributed by atoms with van der Waals surface area (Å²) in [6.45, 7) is 9.20. The molecule has 4 nitrogen and oxygen atoms in total. The number of ether oxygens (including phenoxy) is 1. The summed E-state index contributed by atoms with van der Waals surface area (Å²) < 4.78 is 5.04. The van der Waals surface area contributed by atoms with Crippen molar-refractivity contribution < 1.29 is 14.6 Å². The number of cyclic esters (lactones) is 1.